The van der Waals surface area contributed by atoms with E-state index >= 15 is 0 Å². The minimum absolute atomic E-state index is 0. The van der Waals surface area contributed by atoms with Gasteiger partial charge in [-0.15, -0.1) is 35.3 Å². The molecule has 0 aliphatic rings. The highest BCUT2D eigenvalue weighted by Crippen LogP contribution is 2.33. The average Bonchev–Trinajstić information content (AvgIpc) is 2.93. The molecule has 6 nitrogen and oxygen atoms in total. The van der Waals surface area contributed by atoms with Crippen LogP contribution in [0.5, 0.6) is 11.5 Å². The second-order valence-corrected chi connectivity index (χ2v) is 7.46. The lowest BCUT2D eigenvalue weighted by Gasteiger charge is -2.15. The maximum Gasteiger partial charge on any atom is 0.191 e. The van der Waals surface area contributed by atoms with Gasteiger partial charge in [-0.25, -0.2) is 4.98 Å². The molecule has 1 heterocycles. The molecule has 0 saturated heterocycles. The zero-order chi connectivity index (χ0) is 18.4. The first kappa shape index (κ1) is 23.0. The van der Waals surface area contributed by atoms with Gasteiger partial charge in [-0.2, -0.15) is 0 Å². The number of nitrogens with one attached hydrogen (secondary N) is 2. The molecule has 9 heteroatoms. The highest BCUT2D eigenvalue weighted by Gasteiger charge is 2.11. The van der Waals surface area contributed by atoms with Gasteiger partial charge in [-0.05, 0) is 31.5 Å². The van der Waals surface area contributed by atoms with Crippen LogP contribution in [0, 0.1) is 13.8 Å². The Kier molecular flexibility index (Phi) is 9.66. The number of guanidine groups is 1. The van der Waals surface area contributed by atoms with Crippen molar-refractivity contribution in [1.29, 1.82) is 0 Å². The van der Waals surface area contributed by atoms with Gasteiger partial charge in [0.2, 0.25) is 0 Å². The number of hydrogen-bond acceptors (Lipinski definition) is 5. The van der Waals surface area contributed by atoms with E-state index in [1.165, 1.54) is 4.88 Å². The first-order chi connectivity index (χ1) is 12.0. The molecule has 144 valence electrons. The summed E-state index contributed by atoms with van der Waals surface area (Å²) in [5.41, 5.74) is 2.11. The van der Waals surface area contributed by atoms with E-state index < -0.39 is 0 Å². The van der Waals surface area contributed by atoms with Crippen molar-refractivity contribution in [3.05, 3.63) is 37.7 Å². The fourth-order valence-corrected chi connectivity index (χ4v) is 3.67. The van der Waals surface area contributed by atoms with Crippen LogP contribution in [0.25, 0.3) is 0 Å². The quantitative estimate of drug-likeness (QED) is 0.321. The predicted molar refractivity (Wildman–Crippen MR) is 121 cm³/mol. The van der Waals surface area contributed by atoms with Crippen LogP contribution in [0.4, 0.5) is 0 Å². The van der Waals surface area contributed by atoms with Crippen LogP contribution in [0.2, 0.25) is 0 Å². The van der Waals surface area contributed by atoms with Gasteiger partial charge in [0, 0.05) is 22.9 Å². The lowest BCUT2D eigenvalue weighted by Crippen LogP contribution is -2.36. The van der Waals surface area contributed by atoms with Crippen LogP contribution < -0.4 is 20.1 Å². The summed E-state index contributed by atoms with van der Waals surface area (Å²) in [6.45, 7) is 5.34. The molecule has 2 N–H and O–H groups in total. The number of rotatable bonds is 6. The first-order valence-electron chi connectivity index (χ1n) is 7.76. The minimum atomic E-state index is 0. The Balaban J connectivity index is 0.00000338. The van der Waals surface area contributed by atoms with Gasteiger partial charge in [0.25, 0.3) is 0 Å². The van der Waals surface area contributed by atoms with E-state index in [1.807, 2.05) is 26.0 Å². The standard InChI is InChI=1S/C17H23BrN4O2S.HI/c1-10-16(25-11(2)22-10)9-21-17(19-3)20-8-12-6-14(23-4)15(24-5)7-13(12)18;/h6-7H,8-9H2,1-5H3,(H2,19,20,21);1H. The number of hydrogen-bond donors (Lipinski definition) is 2. The summed E-state index contributed by atoms with van der Waals surface area (Å²) >= 11 is 5.27. The molecule has 1 aromatic heterocycles. The summed E-state index contributed by atoms with van der Waals surface area (Å²) in [6.07, 6.45) is 0. The van der Waals surface area contributed by atoms with Crippen molar-refractivity contribution in [1.82, 2.24) is 15.6 Å². The third-order valence-electron chi connectivity index (χ3n) is 3.64. The van der Waals surface area contributed by atoms with Crippen molar-refractivity contribution in [2.45, 2.75) is 26.9 Å². The Morgan fingerprint density at radius 2 is 1.77 bits per heavy atom. The third kappa shape index (κ3) is 5.98. The molecule has 0 bridgehead atoms. The third-order valence-corrected chi connectivity index (χ3v) is 5.45. The lowest BCUT2D eigenvalue weighted by atomic mass is 10.2. The molecule has 0 radical (unpaired) electrons. The summed E-state index contributed by atoms with van der Waals surface area (Å²) in [5.74, 6) is 2.12. The summed E-state index contributed by atoms with van der Waals surface area (Å²) in [5, 5.41) is 7.70. The van der Waals surface area contributed by atoms with Gasteiger partial charge in [-0.3, -0.25) is 4.99 Å². The molecule has 0 amide bonds. The smallest absolute Gasteiger partial charge is 0.191 e. The highest BCUT2D eigenvalue weighted by molar-refractivity contribution is 14.0. The van der Waals surface area contributed by atoms with Gasteiger partial charge in [0.15, 0.2) is 17.5 Å². The van der Waals surface area contributed by atoms with Crippen LogP contribution in [0.15, 0.2) is 21.6 Å². The van der Waals surface area contributed by atoms with Crippen LogP contribution in [0.3, 0.4) is 0 Å². The van der Waals surface area contributed by atoms with E-state index in [0.717, 1.165) is 26.7 Å². The van der Waals surface area contributed by atoms with E-state index in [-0.39, 0.29) is 24.0 Å². The molecule has 0 aliphatic heterocycles. The first-order valence-corrected chi connectivity index (χ1v) is 9.37. The van der Waals surface area contributed by atoms with Crippen molar-refractivity contribution in [2.75, 3.05) is 21.3 Å². The number of aliphatic imine (C=N–C) groups is 1. The van der Waals surface area contributed by atoms with Crippen molar-refractivity contribution >= 4 is 57.2 Å². The largest absolute Gasteiger partial charge is 0.493 e. The van der Waals surface area contributed by atoms with Gasteiger partial charge in [0.05, 0.1) is 31.5 Å². The van der Waals surface area contributed by atoms with Crippen LogP contribution in [-0.4, -0.2) is 32.2 Å². The molecule has 0 aliphatic carbocycles. The van der Waals surface area contributed by atoms with Crippen molar-refractivity contribution < 1.29 is 9.47 Å². The Morgan fingerprint density at radius 3 is 2.31 bits per heavy atom. The molecule has 0 saturated carbocycles. The fourth-order valence-electron chi connectivity index (χ4n) is 2.33. The zero-order valence-electron chi connectivity index (χ0n) is 15.5. The van der Waals surface area contributed by atoms with E-state index in [0.29, 0.717) is 24.6 Å². The van der Waals surface area contributed by atoms with Crippen LogP contribution in [-0.2, 0) is 13.1 Å². The molecule has 0 unspecified atom stereocenters. The number of methoxy groups -OCH3 is 2. The van der Waals surface area contributed by atoms with E-state index in [4.69, 9.17) is 9.47 Å². The number of halogens is 2. The molecule has 2 rings (SSSR count). The summed E-state index contributed by atoms with van der Waals surface area (Å²) < 4.78 is 11.6. The highest BCUT2D eigenvalue weighted by atomic mass is 127. The van der Waals surface area contributed by atoms with E-state index in [9.17, 15) is 0 Å². The van der Waals surface area contributed by atoms with E-state index in [2.05, 4.69) is 36.5 Å². The second kappa shape index (κ2) is 10.9. The lowest BCUT2D eigenvalue weighted by molar-refractivity contribution is 0.354. The Hall–Kier alpha value is -1.07. The molecule has 0 spiro atoms. The SMILES string of the molecule is CN=C(NCc1cc(OC)c(OC)cc1Br)NCc1sc(C)nc1C.I. The molecule has 2 aromatic rings. The topological polar surface area (TPSA) is 67.8 Å². The average molecular weight is 555 g/mol. The Labute approximate surface area is 184 Å². The number of aromatic nitrogens is 1. The maximum absolute atomic E-state index is 5.36. The summed E-state index contributed by atoms with van der Waals surface area (Å²) in [7, 11) is 5.00. The number of benzene rings is 1. The van der Waals surface area contributed by atoms with Gasteiger partial charge in [-0.1, -0.05) is 15.9 Å². The van der Waals surface area contributed by atoms with Crippen molar-refractivity contribution in [2.24, 2.45) is 4.99 Å². The number of aryl methyl sites for hydroxylation is 2. The maximum atomic E-state index is 5.36. The van der Waals surface area contributed by atoms with Crippen molar-refractivity contribution in [3.63, 3.8) is 0 Å². The predicted octanol–water partition coefficient (Wildman–Crippen LogP) is 4.02. The van der Waals surface area contributed by atoms with Gasteiger partial charge >= 0.3 is 0 Å². The van der Waals surface area contributed by atoms with Crippen molar-refractivity contribution in [3.8, 4) is 11.5 Å². The molecule has 1 aromatic carbocycles. The summed E-state index contributed by atoms with van der Waals surface area (Å²) in [4.78, 5) is 9.93. The van der Waals surface area contributed by atoms with Crippen LogP contribution in [0.1, 0.15) is 21.1 Å². The minimum Gasteiger partial charge on any atom is -0.493 e. The summed E-state index contributed by atoms with van der Waals surface area (Å²) in [6, 6.07) is 3.84. The number of nitrogens with zero attached hydrogens (tertiary/aromatic N) is 2. The molecule has 26 heavy (non-hydrogen) atoms. The van der Waals surface area contributed by atoms with Gasteiger partial charge in [0.1, 0.15) is 0 Å². The zero-order valence-corrected chi connectivity index (χ0v) is 20.2. The van der Waals surface area contributed by atoms with Gasteiger partial charge < -0.3 is 20.1 Å². The number of thiazole rings is 1. The Bertz CT molecular complexity index is 767. The Morgan fingerprint density at radius 1 is 1.15 bits per heavy atom. The normalized spacial score (nSPS) is 10.9. The monoisotopic (exact) mass is 554 g/mol. The molecular formula is C17H24BrIN4O2S. The fraction of sp³-hybridized carbons (Fsp3) is 0.412. The van der Waals surface area contributed by atoms with Crippen LogP contribution >= 0.6 is 51.2 Å². The second-order valence-electron chi connectivity index (χ2n) is 5.32. The molecule has 0 atom stereocenters. The molecule has 0 fully saturated rings. The molecular weight excluding hydrogens is 531 g/mol. The number of ether oxygens (including phenoxy) is 2. The van der Waals surface area contributed by atoms with E-state index in [1.54, 1.807) is 32.6 Å².